The number of aliphatic carboxylic acids is 2. The first-order chi connectivity index (χ1) is 9.38. The summed E-state index contributed by atoms with van der Waals surface area (Å²) in [5, 5.41) is 23.5. The van der Waals surface area contributed by atoms with Crippen molar-refractivity contribution in [1.82, 2.24) is 0 Å². The molecule has 0 unspecified atom stereocenters. The summed E-state index contributed by atoms with van der Waals surface area (Å²) in [5.41, 5.74) is -3.71. The normalized spacial score (nSPS) is 12.7. The maximum atomic E-state index is 11.7. The Bertz CT molecular complexity index is 409. The number of rotatable bonds is 7. The van der Waals surface area contributed by atoms with Crippen molar-refractivity contribution in [2.75, 3.05) is 0 Å². The van der Waals surface area contributed by atoms with E-state index in [4.69, 9.17) is 0 Å². The van der Waals surface area contributed by atoms with Crippen LogP contribution in [0.1, 0.15) is 27.7 Å². The first-order valence-corrected chi connectivity index (χ1v) is 6.36. The van der Waals surface area contributed by atoms with Crippen molar-refractivity contribution in [1.29, 1.82) is 0 Å². The van der Waals surface area contributed by atoms with Gasteiger partial charge in [0.05, 0.1) is 22.8 Å². The molecule has 0 heterocycles. The second-order valence-corrected chi connectivity index (χ2v) is 4.31. The average Bonchev–Trinajstić information content (AvgIpc) is 2.37. The molecule has 0 saturated heterocycles. The maximum absolute atomic E-state index is 11.7. The van der Waals surface area contributed by atoms with Crippen LogP contribution < -0.4 is 69.3 Å². The van der Waals surface area contributed by atoms with Crippen LogP contribution in [0, 0.1) is 10.8 Å². The predicted octanol–water partition coefficient (Wildman–Crippen LogP) is -5.23. The maximum Gasteiger partial charge on any atom is 1.00 e. The van der Waals surface area contributed by atoms with E-state index >= 15 is 0 Å². The van der Waals surface area contributed by atoms with Crippen LogP contribution >= 0.6 is 0 Å². The third-order valence-electron chi connectivity index (χ3n) is 3.08. The van der Waals surface area contributed by atoms with E-state index < -0.39 is 22.8 Å². The van der Waals surface area contributed by atoms with E-state index in [0.29, 0.717) is 0 Å². The molecule has 0 N–H and O–H groups in total. The first-order valence-electron chi connectivity index (χ1n) is 6.36. The van der Waals surface area contributed by atoms with Gasteiger partial charge in [-0.05, 0) is 27.7 Å². The van der Waals surface area contributed by atoms with Gasteiger partial charge < -0.3 is 19.8 Å². The van der Waals surface area contributed by atoms with Gasteiger partial charge in [-0.25, -0.2) is 0 Å². The van der Waals surface area contributed by atoms with Gasteiger partial charge in [0.25, 0.3) is 0 Å². The molecule has 0 spiro atoms. The predicted molar refractivity (Wildman–Crippen MR) is 74.1 cm³/mol. The molecule has 0 atom stereocenters. The monoisotopic (exact) mass is 322 g/mol. The van der Waals surface area contributed by atoms with Gasteiger partial charge in [0.1, 0.15) is 0 Å². The summed E-state index contributed by atoms with van der Waals surface area (Å²) in [6.45, 7) is 6.47. The SMILES string of the molecule is C/C=C/C(/C=C/C)(C(=O)[O-])C(/C=C/C)(/C=C/C)C(=O)[O-].[Na+].[Na+]. The molecule has 4 nitrogen and oxygen atoms in total. The number of carboxylic acid groups (broad SMARTS) is 2. The fourth-order valence-electron chi connectivity index (χ4n) is 2.32. The summed E-state index contributed by atoms with van der Waals surface area (Å²) in [7, 11) is 0. The van der Waals surface area contributed by atoms with Gasteiger partial charge in [0.2, 0.25) is 0 Å². The minimum atomic E-state index is -1.85. The number of allylic oxidation sites excluding steroid dienone is 4. The zero-order chi connectivity index (χ0) is 15.8. The van der Waals surface area contributed by atoms with Gasteiger partial charge in [0.15, 0.2) is 0 Å². The Morgan fingerprint density at radius 3 is 0.909 bits per heavy atom. The zero-order valence-electron chi connectivity index (χ0n) is 14.3. The van der Waals surface area contributed by atoms with Gasteiger partial charge >= 0.3 is 59.1 Å². The van der Waals surface area contributed by atoms with Crippen molar-refractivity contribution in [3.63, 3.8) is 0 Å². The molecule has 0 radical (unpaired) electrons. The summed E-state index contributed by atoms with van der Waals surface area (Å²) >= 11 is 0. The molecule has 0 aromatic heterocycles. The Morgan fingerprint density at radius 2 is 0.818 bits per heavy atom. The fourth-order valence-corrected chi connectivity index (χ4v) is 2.32. The molecule has 22 heavy (non-hydrogen) atoms. The topological polar surface area (TPSA) is 80.3 Å². The number of hydrogen-bond acceptors (Lipinski definition) is 4. The molecule has 0 amide bonds. The van der Waals surface area contributed by atoms with E-state index in [0.717, 1.165) is 0 Å². The Hall–Kier alpha value is -0.1000. The van der Waals surface area contributed by atoms with Crippen molar-refractivity contribution in [3.05, 3.63) is 48.6 Å². The molecule has 0 aliphatic carbocycles. The number of carbonyl (C=O) groups excluding carboxylic acids is 2. The standard InChI is InChI=1S/C16H22O4.2Na/c1-5-9-15(10-6-2,13(17)18)16(11-7-3,12-8-4)14(19)20;;/h5-12H,1-4H3,(H,17,18)(H,19,20);;/q;2*+1/p-2/b9-5+,10-6+,11-7+,12-8+;;. The molecule has 0 aliphatic heterocycles. The zero-order valence-corrected chi connectivity index (χ0v) is 18.3. The van der Waals surface area contributed by atoms with Crippen molar-refractivity contribution in [2.45, 2.75) is 27.7 Å². The van der Waals surface area contributed by atoms with E-state index in [-0.39, 0.29) is 59.1 Å². The Balaban J connectivity index is -0.00000180. The Morgan fingerprint density at radius 1 is 0.636 bits per heavy atom. The molecule has 0 aliphatic rings. The average molecular weight is 322 g/mol. The second-order valence-electron chi connectivity index (χ2n) is 4.31. The molecular formula is C16H20Na2O4. The molecule has 0 aromatic carbocycles. The van der Waals surface area contributed by atoms with Crippen LogP contribution in [0.3, 0.4) is 0 Å². The third-order valence-corrected chi connectivity index (χ3v) is 3.08. The number of carboxylic acids is 2. The van der Waals surface area contributed by atoms with Crippen LogP contribution in [0.2, 0.25) is 0 Å². The van der Waals surface area contributed by atoms with Crippen LogP contribution in [0.25, 0.3) is 0 Å². The van der Waals surface area contributed by atoms with Crippen LogP contribution in [0.4, 0.5) is 0 Å². The van der Waals surface area contributed by atoms with Crippen LogP contribution in [-0.2, 0) is 9.59 Å². The minimum Gasteiger partial charge on any atom is -0.549 e. The summed E-state index contributed by atoms with van der Waals surface area (Å²) in [6.07, 6.45) is 11.2. The van der Waals surface area contributed by atoms with E-state index in [9.17, 15) is 19.8 Å². The quantitative estimate of drug-likeness (QED) is 0.347. The molecule has 0 rings (SSSR count). The van der Waals surface area contributed by atoms with Crippen LogP contribution in [0.5, 0.6) is 0 Å². The van der Waals surface area contributed by atoms with Gasteiger partial charge in [-0.1, -0.05) is 48.6 Å². The van der Waals surface area contributed by atoms with E-state index in [1.807, 2.05) is 0 Å². The van der Waals surface area contributed by atoms with Gasteiger partial charge in [-0.3, -0.25) is 0 Å². The molecule has 6 heteroatoms. The minimum absolute atomic E-state index is 0. The van der Waals surface area contributed by atoms with Crippen molar-refractivity contribution >= 4 is 11.9 Å². The Kier molecular flexibility index (Phi) is 15.0. The first kappa shape index (κ1) is 26.8. The molecule has 110 valence electrons. The molecule has 0 fully saturated rings. The largest absolute Gasteiger partial charge is 1.00 e. The summed E-state index contributed by atoms with van der Waals surface area (Å²) < 4.78 is 0. The Labute approximate surface area is 176 Å². The fraction of sp³-hybridized carbons (Fsp3) is 0.375. The second kappa shape index (κ2) is 12.3. The molecular weight excluding hydrogens is 302 g/mol. The summed E-state index contributed by atoms with van der Waals surface area (Å²) in [4.78, 5) is 23.5. The molecule has 0 bridgehead atoms. The molecule has 0 saturated carbocycles. The van der Waals surface area contributed by atoms with Gasteiger partial charge in [0, 0.05) is 0 Å². The summed E-state index contributed by atoms with van der Waals surface area (Å²) in [6, 6.07) is 0. The number of hydrogen-bond donors (Lipinski definition) is 0. The van der Waals surface area contributed by atoms with E-state index in [1.54, 1.807) is 27.7 Å². The van der Waals surface area contributed by atoms with Crippen LogP contribution in [0.15, 0.2) is 48.6 Å². The van der Waals surface area contributed by atoms with Crippen molar-refractivity contribution in [2.24, 2.45) is 10.8 Å². The third kappa shape index (κ3) is 5.22. The smallest absolute Gasteiger partial charge is 0.549 e. The van der Waals surface area contributed by atoms with E-state index in [1.165, 1.54) is 48.6 Å². The van der Waals surface area contributed by atoms with Gasteiger partial charge in [-0.15, -0.1) is 0 Å². The number of carbonyl (C=O) groups is 2. The van der Waals surface area contributed by atoms with Gasteiger partial charge in [-0.2, -0.15) is 0 Å². The van der Waals surface area contributed by atoms with Crippen LogP contribution in [-0.4, -0.2) is 11.9 Å². The van der Waals surface area contributed by atoms with Crippen molar-refractivity contribution in [3.8, 4) is 0 Å². The summed E-state index contributed by atoms with van der Waals surface area (Å²) in [5.74, 6) is -3.01. The molecule has 0 aromatic rings. The van der Waals surface area contributed by atoms with Crippen molar-refractivity contribution < 1.29 is 78.9 Å². The van der Waals surface area contributed by atoms with E-state index in [2.05, 4.69) is 0 Å².